The van der Waals surface area contributed by atoms with E-state index in [4.69, 9.17) is 4.52 Å². The van der Waals surface area contributed by atoms with Crippen LogP contribution in [0, 0.1) is 6.92 Å². The van der Waals surface area contributed by atoms with Crippen molar-refractivity contribution in [3.8, 4) is 11.4 Å². The molecule has 0 aliphatic carbocycles. The molecule has 2 heterocycles. The summed E-state index contributed by atoms with van der Waals surface area (Å²) in [4.78, 5) is 4.58. The second kappa shape index (κ2) is 7.02. The van der Waals surface area contributed by atoms with Crippen LogP contribution in [0.2, 0.25) is 0 Å². The Morgan fingerprint density at radius 3 is 2.35 bits per heavy atom. The zero-order valence-corrected chi connectivity index (χ0v) is 15.4. The van der Waals surface area contributed by atoms with Crippen LogP contribution in [-0.4, -0.2) is 10.1 Å². The minimum atomic E-state index is 0.0106. The third kappa shape index (κ3) is 3.41. The van der Waals surface area contributed by atoms with Crippen LogP contribution in [0.1, 0.15) is 60.9 Å². The van der Waals surface area contributed by atoms with E-state index in [9.17, 15) is 0 Å². The zero-order chi connectivity index (χ0) is 18.1. The number of nitrogens with one attached hydrogen (secondary N) is 2. The molecule has 134 valence electrons. The van der Waals surface area contributed by atoms with Crippen LogP contribution in [0.3, 0.4) is 0 Å². The van der Waals surface area contributed by atoms with Gasteiger partial charge in [0.2, 0.25) is 11.7 Å². The van der Waals surface area contributed by atoms with Crippen LogP contribution in [0.4, 0.5) is 0 Å². The van der Waals surface area contributed by atoms with Gasteiger partial charge in [0.1, 0.15) is 6.04 Å². The van der Waals surface area contributed by atoms with Gasteiger partial charge >= 0.3 is 0 Å². The third-order valence-electron chi connectivity index (χ3n) is 4.96. The highest BCUT2D eigenvalue weighted by molar-refractivity contribution is 5.54. The van der Waals surface area contributed by atoms with Crippen molar-refractivity contribution in [3.63, 3.8) is 0 Å². The molecule has 0 radical (unpaired) electrons. The van der Waals surface area contributed by atoms with E-state index >= 15 is 0 Å². The third-order valence-corrected chi connectivity index (χ3v) is 4.96. The Hall–Kier alpha value is -2.50. The van der Waals surface area contributed by atoms with Crippen LogP contribution in [0.25, 0.3) is 11.4 Å². The average molecular weight is 348 g/mol. The number of benzene rings is 2. The molecule has 5 heteroatoms. The minimum absolute atomic E-state index is 0.0106. The van der Waals surface area contributed by atoms with Crippen molar-refractivity contribution >= 4 is 0 Å². The molecule has 0 amide bonds. The van der Waals surface area contributed by atoms with Gasteiger partial charge in [-0.2, -0.15) is 4.98 Å². The summed E-state index contributed by atoms with van der Waals surface area (Å²) >= 11 is 0. The zero-order valence-electron chi connectivity index (χ0n) is 15.4. The van der Waals surface area contributed by atoms with Crippen molar-refractivity contribution in [2.75, 3.05) is 0 Å². The number of hydrogen-bond donors (Lipinski definition) is 2. The molecule has 26 heavy (non-hydrogen) atoms. The van der Waals surface area contributed by atoms with Gasteiger partial charge in [0.05, 0.1) is 0 Å². The summed E-state index contributed by atoms with van der Waals surface area (Å²) in [5.41, 5.74) is 11.4. The Bertz CT molecular complexity index is 868. The number of hydrazine groups is 1. The molecule has 1 saturated heterocycles. The number of aryl methyl sites for hydroxylation is 1. The molecule has 2 unspecified atom stereocenters. The van der Waals surface area contributed by atoms with E-state index in [1.807, 2.05) is 12.1 Å². The predicted molar refractivity (Wildman–Crippen MR) is 101 cm³/mol. The van der Waals surface area contributed by atoms with E-state index in [1.54, 1.807) is 0 Å². The fraction of sp³-hybridized carbons (Fsp3) is 0.333. The Morgan fingerprint density at radius 1 is 0.962 bits per heavy atom. The van der Waals surface area contributed by atoms with E-state index < -0.39 is 0 Å². The number of hydrogen-bond acceptors (Lipinski definition) is 5. The van der Waals surface area contributed by atoms with Gasteiger partial charge in [0.15, 0.2) is 0 Å². The van der Waals surface area contributed by atoms with E-state index in [1.165, 1.54) is 16.7 Å². The summed E-state index contributed by atoms with van der Waals surface area (Å²) in [5, 5.41) is 4.14. The maximum absolute atomic E-state index is 5.50. The van der Waals surface area contributed by atoms with Crippen molar-refractivity contribution in [2.45, 2.75) is 45.2 Å². The number of nitrogens with zero attached hydrogens (tertiary/aromatic N) is 2. The second-order valence-electron chi connectivity index (χ2n) is 7.27. The van der Waals surface area contributed by atoms with Gasteiger partial charge in [0.25, 0.3) is 0 Å². The summed E-state index contributed by atoms with van der Waals surface area (Å²) in [6, 6.07) is 17.2. The van der Waals surface area contributed by atoms with Crippen LogP contribution >= 0.6 is 0 Å². The Labute approximate surface area is 153 Å². The summed E-state index contributed by atoms with van der Waals surface area (Å²) in [5.74, 6) is 1.80. The maximum atomic E-state index is 5.50. The molecule has 0 spiro atoms. The normalized spacial score (nSPS) is 20.0. The molecule has 2 aromatic carbocycles. The van der Waals surface area contributed by atoms with Crippen molar-refractivity contribution in [3.05, 3.63) is 71.1 Å². The molecule has 1 aromatic heterocycles. The van der Waals surface area contributed by atoms with Gasteiger partial charge in [-0.25, -0.2) is 10.9 Å². The highest BCUT2D eigenvalue weighted by Gasteiger charge is 2.30. The lowest BCUT2D eigenvalue weighted by Crippen LogP contribution is -2.26. The molecule has 2 N–H and O–H groups in total. The van der Waals surface area contributed by atoms with Crippen LogP contribution in [-0.2, 0) is 0 Å². The number of rotatable bonds is 4. The average Bonchev–Trinajstić information content (AvgIpc) is 3.32. The van der Waals surface area contributed by atoms with Crippen LogP contribution in [0.5, 0.6) is 0 Å². The molecular weight excluding hydrogens is 324 g/mol. The first kappa shape index (κ1) is 16.9. The first-order valence-electron chi connectivity index (χ1n) is 9.11. The minimum Gasteiger partial charge on any atom is -0.337 e. The molecule has 4 rings (SSSR count). The molecular formula is C21H24N4O. The van der Waals surface area contributed by atoms with E-state index in [2.05, 4.69) is 78.2 Å². The lowest BCUT2D eigenvalue weighted by Gasteiger charge is -2.11. The van der Waals surface area contributed by atoms with Crippen molar-refractivity contribution in [2.24, 2.45) is 0 Å². The van der Waals surface area contributed by atoms with Gasteiger partial charge in [-0.05, 0) is 30.4 Å². The highest BCUT2D eigenvalue weighted by atomic mass is 16.5. The molecule has 0 saturated carbocycles. The monoisotopic (exact) mass is 348 g/mol. The van der Waals surface area contributed by atoms with Gasteiger partial charge in [0, 0.05) is 11.6 Å². The number of aromatic nitrogens is 2. The molecule has 3 aromatic rings. The van der Waals surface area contributed by atoms with E-state index in [-0.39, 0.29) is 12.1 Å². The summed E-state index contributed by atoms with van der Waals surface area (Å²) in [7, 11) is 0. The molecule has 1 fully saturated rings. The Balaban J connectivity index is 1.46. The summed E-state index contributed by atoms with van der Waals surface area (Å²) < 4.78 is 5.50. The highest BCUT2D eigenvalue weighted by Crippen LogP contribution is 2.31. The lowest BCUT2D eigenvalue weighted by molar-refractivity contribution is 0.340. The van der Waals surface area contributed by atoms with Crippen molar-refractivity contribution in [1.82, 2.24) is 21.0 Å². The van der Waals surface area contributed by atoms with Gasteiger partial charge in [-0.15, -0.1) is 0 Å². The standard InChI is InChI=1S/C21H24N4O/c1-13(2)15-8-10-16(11-9-15)18-12-19(24-23-18)21-22-20(25-26-21)17-6-4-14(3)5-7-17/h4-11,13,18-19,23-24H,12H2,1-3H3. The Morgan fingerprint density at radius 2 is 1.65 bits per heavy atom. The summed E-state index contributed by atoms with van der Waals surface area (Å²) in [6.07, 6.45) is 0.872. The first-order chi connectivity index (χ1) is 12.6. The molecule has 2 atom stereocenters. The topological polar surface area (TPSA) is 63.0 Å². The quantitative estimate of drug-likeness (QED) is 0.729. The smallest absolute Gasteiger partial charge is 0.245 e. The van der Waals surface area contributed by atoms with Gasteiger partial charge in [-0.3, -0.25) is 0 Å². The molecule has 0 bridgehead atoms. The maximum Gasteiger partial charge on any atom is 0.245 e. The SMILES string of the molecule is Cc1ccc(-c2noc(C3CC(c4ccc(C(C)C)cc4)NN3)n2)cc1. The molecule has 1 aliphatic rings. The predicted octanol–water partition coefficient (Wildman–Crippen LogP) is 4.45. The Kier molecular flexibility index (Phi) is 4.57. The van der Waals surface area contributed by atoms with Crippen LogP contribution in [0.15, 0.2) is 53.1 Å². The lowest BCUT2D eigenvalue weighted by atomic mass is 9.97. The van der Waals surface area contributed by atoms with Gasteiger partial charge in [-0.1, -0.05) is 73.1 Å². The largest absolute Gasteiger partial charge is 0.337 e. The first-order valence-corrected chi connectivity index (χ1v) is 9.11. The molecule has 1 aliphatic heterocycles. The van der Waals surface area contributed by atoms with Crippen LogP contribution < -0.4 is 10.9 Å². The fourth-order valence-electron chi connectivity index (χ4n) is 3.25. The van der Waals surface area contributed by atoms with Gasteiger partial charge < -0.3 is 4.52 Å². The second-order valence-corrected chi connectivity index (χ2v) is 7.27. The van der Waals surface area contributed by atoms with E-state index in [0.29, 0.717) is 17.6 Å². The fourth-order valence-corrected chi connectivity index (χ4v) is 3.25. The van der Waals surface area contributed by atoms with Crippen molar-refractivity contribution < 1.29 is 4.52 Å². The molecule has 5 nitrogen and oxygen atoms in total. The summed E-state index contributed by atoms with van der Waals surface area (Å²) in [6.45, 7) is 6.48. The van der Waals surface area contributed by atoms with E-state index in [0.717, 1.165) is 12.0 Å². The van der Waals surface area contributed by atoms with Crippen molar-refractivity contribution in [1.29, 1.82) is 0 Å².